The lowest BCUT2D eigenvalue weighted by molar-refractivity contribution is -0.132. The smallest absolute Gasteiger partial charge is 0.278 e. The average molecular weight is 429 g/mol. The van der Waals surface area contributed by atoms with Crippen LogP contribution in [0, 0.1) is 0 Å². The largest absolute Gasteiger partial charge is 0.497 e. The average Bonchev–Trinajstić information content (AvgIpc) is 3.06. The van der Waals surface area contributed by atoms with Crippen LogP contribution in [0.15, 0.2) is 28.2 Å². The highest BCUT2D eigenvalue weighted by Gasteiger charge is 2.26. The molecule has 1 saturated heterocycles. The van der Waals surface area contributed by atoms with E-state index in [9.17, 15) is 9.59 Å². The van der Waals surface area contributed by atoms with E-state index in [1.165, 1.54) is 18.2 Å². The van der Waals surface area contributed by atoms with Crippen molar-refractivity contribution in [3.05, 3.63) is 28.6 Å². The molecule has 3 heterocycles. The minimum absolute atomic E-state index is 0.114. The van der Waals surface area contributed by atoms with Crippen LogP contribution in [0.5, 0.6) is 5.75 Å². The summed E-state index contributed by atoms with van der Waals surface area (Å²) in [6, 6.07) is 6.05. The van der Waals surface area contributed by atoms with Crippen LogP contribution >= 0.6 is 11.8 Å². The number of amides is 1. The predicted molar refractivity (Wildman–Crippen MR) is 120 cm³/mol. The summed E-state index contributed by atoms with van der Waals surface area (Å²) >= 11 is 1.34. The van der Waals surface area contributed by atoms with Crippen LogP contribution in [-0.4, -0.2) is 50.4 Å². The number of hydrogen-bond acceptors (Lipinski definition) is 5. The van der Waals surface area contributed by atoms with Gasteiger partial charge in [-0.1, -0.05) is 18.7 Å². The minimum atomic E-state index is -0.114. The Bertz CT molecular complexity index is 1170. The third-order valence-corrected chi connectivity index (χ3v) is 7.14. The zero-order chi connectivity index (χ0) is 21.4. The molecule has 0 N–H and O–H groups in total. The summed E-state index contributed by atoms with van der Waals surface area (Å²) in [7, 11) is 5.21. The molecule has 160 valence electrons. The molecule has 0 unspecified atom stereocenters. The quantitative estimate of drug-likeness (QED) is 0.461. The van der Waals surface area contributed by atoms with Gasteiger partial charge in [0.25, 0.3) is 5.56 Å². The first-order chi connectivity index (χ1) is 14.5. The Morgan fingerprint density at radius 2 is 2.07 bits per heavy atom. The molecule has 1 aliphatic rings. The normalized spacial score (nSPS) is 17.1. The minimum Gasteiger partial charge on any atom is -0.497 e. The summed E-state index contributed by atoms with van der Waals surface area (Å²) in [5.41, 5.74) is 2.01. The molecule has 4 rings (SSSR count). The first kappa shape index (κ1) is 20.8. The fourth-order valence-corrected chi connectivity index (χ4v) is 5.25. The summed E-state index contributed by atoms with van der Waals surface area (Å²) in [5.74, 6) is 1.13. The van der Waals surface area contributed by atoms with Crippen LogP contribution in [0.2, 0.25) is 0 Å². The van der Waals surface area contributed by atoms with E-state index in [2.05, 4.69) is 6.92 Å². The van der Waals surface area contributed by atoms with Crippen LogP contribution < -0.4 is 10.3 Å². The van der Waals surface area contributed by atoms with Crippen LogP contribution in [0.25, 0.3) is 21.9 Å². The second kappa shape index (κ2) is 8.34. The van der Waals surface area contributed by atoms with Crippen molar-refractivity contribution < 1.29 is 9.53 Å². The topological polar surface area (TPSA) is 69.4 Å². The van der Waals surface area contributed by atoms with Crippen molar-refractivity contribution in [3.63, 3.8) is 0 Å². The first-order valence-corrected chi connectivity index (χ1v) is 11.4. The fourth-order valence-electron chi connectivity index (χ4n) is 4.40. The molecule has 1 aromatic carbocycles. The standard InChI is InChI=1S/C22H28N4O3S/c1-5-14-8-6-7-11-26(14)18(27)13-30-22-23-19-16-12-15(29-4)9-10-17(16)24(2)20(19)21(28)25(22)3/h9-10,12,14H,5-8,11,13H2,1-4H3/t14-/m1/s1. The molecule has 1 fully saturated rings. The number of carbonyl (C=O) groups is 1. The molecule has 3 aromatic rings. The Kier molecular flexibility index (Phi) is 5.77. The van der Waals surface area contributed by atoms with Crippen molar-refractivity contribution in [3.8, 4) is 5.75 Å². The van der Waals surface area contributed by atoms with Crippen molar-refractivity contribution in [2.75, 3.05) is 19.4 Å². The van der Waals surface area contributed by atoms with Gasteiger partial charge in [0.2, 0.25) is 5.91 Å². The van der Waals surface area contributed by atoms with Crippen molar-refractivity contribution in [1.29, 1.82) is 0 Å². The van der Waals surface area contributed by atoms with E-state index in [0.717, 1.165) is 42.5 Å². The maximum atomic E-state index is 13.1. The molecule has 0 radical (unpaired) electrons. The van der Waals surface area contributed by atoms with E-state index in [0.29, 0.717) is 22.2 Å². The van der Waals surface area contributed by atoms with Gasteiger partial charge in [0, 0.05) is 32.1 Å². The molecule has 30 heavy (non-hydrogen) atoms. The fraction of sp³-hybridized carbons (Fsp3) is 0.500. The van der Waals surface area contributed by atoms with Crippen molar-refractivity contribution in [2.45, 2.75) is 43.8 Å². The third kappa shape index (κ3) is 3.47. The highest BCUT2D eigenvalue weighted by atomic mass is 32.2. The van der Waals surface area contributed by atoms with Gasteiger partial charge in [-0.15, -0.1) is 0 Å². The summed E-state index contributed by atoms with van der Waals surface area (Å²) in [5, 5.41) is 1.43. The SMILES string of the molecule is CC[C@@H]1CCCCN1C(=O)CSc1nc2c3cc(OC)ccc3n(C)c2c(=O)n1C. The van der Waals surface area contributed by atoms with Crippen LogP contribution in [0.4, 0.5) is 0 Å². The number of thioether (sulfide) groups is 1. The Balaban J connectivity index is 1.69. The second-order valence-corrected chi connectivity index (χ2v) is 8.77. The predicted octanol–water partition coefficient (Wildman–Crippen LogP) is 3.32. The zero-order valence-electron chi connectivity index (χ0n) is 18.0. The number of hydrogen-bond donors (Lipinski definition) is 0. The maximum Gasteiger partial charge on any atom is 0.278 e. The van der Waals surface area contributed by atoms with Gasteiger partial charge in [0.05, 0.1) is 18.4 Å². The number of rotatable bonds is 5. The van der Waals surface area contributed by atoms with Crippen LogP contribution in [0.1, 0.15) is 32.6 Å². The molecule has 8 heteroatoms. The Morgan fingerprint density at radius 1 is 1.27 bits per heavy atom. The lowest BCUT2D eigenvalue weighted by Crippen LogP contribution is -2.44. The maximum absolute atomic E-state index is 13.1. The Morgan fingerprint density at radius 3 is 2.80 bits per heavy atom. The van der Waals surface area contributed by atoms with Gasteiger partial charge < -0.3 is 14.2 Å². The van der Waals surface area contributed by atoms with Gasteiger partial charge in [-0.3, -0.25) is 14.2 Å². The Labute approximate surface area is 180 Å². The highest BCUT2D eigenvalue weighted by molar-refractivity contribution is 7.99. The van der Waals surface area contributed by atoms with Gasteiger partial charge in [-0.2, -0.15) is 0 Å². The molecular weight excluding hydrogens is 400 g/mol. The monoisotopic (exact) mass is 428 g/mol. The van der Waals surface area contributed by atoms with E-state index in [1.807, 2.05) is 34.7 Å². The van der Waals surface area contributed by atoms with E-state index < -0.39 is 0 Å². The van der Waals surface area contributed by atoms with Crippen molar-refractivity contribution in [1.82, 2.24) is 19.0 Å². The first-order valence-electron chi connectivity index (χ1n) is 10.4. The molecule has 0 aliphatic carbocycles. The summed E-state index contributed by atoms with van der Waals surface area (Å²) in [4.78, 5) is 32.8. The lowest BCUT2D eigenvalue weighted by atomic mass is 10.0. The molecule has 0 saturated carbocycles. The van der Waals surface area contributed by atoms with Gasteiger partial charge in [0.1, 0.15) is 16.8 Å². The number of benzene rings is 1. The zero-order valence-corrected chi connectivity index (χ0v) is 18.8. The number of aromatic nitrogens is 3. The summed E-state index contributed by atoms with van der Waals surface area (Å²) in [6.07, 6.45) is 4.31. The number of fused-ring (bicyclic) bond motifs is 3. The molecule has 1 atom stereocenters. The van der Waals surface area contributed by atoms with Crippen molar-refractivity contribution >= 4 is 39.6 Å². The van der Waals surface area contributed by atoms with Gasteiger partial charge >= 0.3 is 0 Å². The number of piperidine rings is 1. The van der Waals surface area contributed by atoms with Gasteiger partial charge in [0.15, 0.2) is 5.16 Å². The number of aryl methyl sites for hydroxylation is 1. The van der Waals surface area contributed by atoms with Crippen LogP contribution in [-0.2, 0) is 18.9 Å². The number of carbonyl (C=O) groups excluding carboxylic acids is 1. The Hall–Kier alpha value is -2.48. The molecule has 1 amide bonds. The third-order valence-electron chi connectivity index (χ3n) is 6.12. The number of methoxy groups -OCH3 is 1. The van der Waals surface area contributed by atoms with Gasteiger partial charge in [-0.25, -0.2) is 4.98 Å². The van der Waals surface area contributed by atoms with Crippen molar-refractivity contribution in [2.24, 2.45) is 14.1 Å². The molecule has 0 spiro atoms. The number of ether oxygens (including phenoxy) is 1. The number of nitrogens with zero attached hydrogens (tertiary/aromatic N) is 4. The molecular formula is C22H28N4O3S. The van der Waals surface area contributed by atoms with E-state index >= 15 is 0 Å². The second-order valence-electron chi connectivity index (χ2n) is 7.83. The number of likely N-dealkylation sites (tertiary alicyclic amines) is 1. The summed E-state index contributed by atoms with van der Waals surface area (Å²) in [6.45, 7) is 2.96. The lowest BCUT2D eigenvalue weighted by Gasteiger charge is -2.35. The summed E-state index contributed by atoms with van der Waals surface area (Å²) < 4.78 is 8.77. The highest BCUT2D eigenvalue weighted by Crippen LogP contribution is 2.30. The van der Waals surface area contributed by atoms with Crippen LogP contribution in [0.3, 0.4) is 0 Å². The molecule has 2 aromatic heterocycles. The van der Waals surface area contributed by atoms with E-state index in [1.54, 1.807) is 18.7 Å². The molecule has 0 bridgehead atoms. The van der Waals surface area contributed by atoms with E-state index in [-0.39, 0.29) is 17.2 Å². The molecule has 1 aliphatic heterocycles. The molecule has 7 nitrogen and oxygen atoms in total. The van der Waals surface area contributed by atoms with E-state index in [4.69, 9.17) is 9.72 Å². The van der Waals surface area contributed by atoms with Gasteiger partial charge in [-0.05, 0) is 43.9 Å².